The van der Waals surface area contributed by atoms with E-state index in [0.29, 0.717) is 6.10 Å². The van der Waals surface area contributed by atoms with Gasteiger partial charge < -0.3 is 15.0 Å². The van der Waals surface area contributed by atoms with E-state index in [-0.39, 0.29) is 0 Å². The van der Waals surface area contributed by atoms with E-state index in [1.807, 2.05) is 0 Å². The molecule has 0 saturated carbocycles. The zero-order valence-electron chi connectivity index (χ0n) is 10.5. The second-order valence-corrected chi connectivity index (χ2v) is 4.18. The van der Waals surface area contributed by atoms with Gasteiger partial charge in [-0.05, 0) is 19.8 Å². The molecule has 17 heavy (non-hydrogen) atoms. The lowest BCUT2D eigenvalue weighted by atomic mass is 10.1. The standard InChI is InChI=1S/C12H20N4O/c1-3-13-11-12(15-7-6-14-11)16-8-4-10(17-2)5-9-16/h6-7,10H,3-5,8-9H2,1-2H3,(H,13,14). The van der Waals surface area contributed by atoms with Gasteiger partial charge in [-0.1, -0.05) is 0 Å². The van der Waals surface area contributed by atoms with E-state index >= 15 is 0 Å². The summed E-state index contributed by atoms with van der Waals surface area (Å²) in [4.78, 5) is 11.0. The highest BCUT2D eigenvalue weighted by atomic mass is 16.5. The van der Waals surface area contributed by atoms with Crippen LogP contribution in [0.1, 0.15) is 19.8 Å². The van der Waals surface area contributed by atoms with E-state index in [1.165, 1.54) is 0 Å². The molecular formula is C12H20N4O. The van der Waals surface area contributed by atoms with Gasteiger partial charge in [-0.2, -0.15) is 0 Å². The number of nitrogens with zero attached hydrogens (tertiary/aromatic N) is 3. The fourth-order valence-electron chi connectivity index (χ4n) is 2.16. The molecule has 1 aromatic heterocycles. The van der Waals surface area contributed by atoms with E-state index in [2.05, 4.69) is 27.1 Å². The summed E-state index contributed by atoms with van der Waals surface area (Å²) >= 11 is 0. The molecule has 0 amide bonds. The van der Waals surface area contributed by atoms with Crippen LogP contribution in [-0.4, -0.2) is 42.8 Å². The van der Waals surface area contributed by atoms with Crippen molar-refractivity contribution in [3.05, 3.63) is 12.4 Å². The molecule has 1 aliphatic heterocycles. The lowest BCUT2D eigenvalue weighted by Crippen LogP contribution is -2.37. The largest absolute Gasteiger partial charge is 0.381 e. The third kappa shape index (κ3) is 2.85. The Balaban J connectivity index is 2.07. The highest BCUT2D eigenvalue weighted by molar-refractivity contribution is 5.60. The second kappa shape index (κ2) is 5.82. The van der Waals surface area contributed by atoms with Crippen molar-refractivity contribution >= 4 is 11.6 Å². The molecule has 1 aliphatic rings. The molecule has 0 atom stereocenters. The summed E-state index contributed by atoms with van der Waals surface area (Å²) in [5.41, 5.74) is 0. The van der Waals surface area contributed by atoms with Crippen molar-refractivity contribution in [2.45, 2.75) is 25.9 Å². The summed E-state index contributed by atoms with van der Waals surface area (Å²) in [6, 6.07) is 0. The van der Waals surface area contributed by atoms with Gasteiger partial charge in [0.1, 0.15) is 0 Å². The molecule has 2 heterocycles. The average Bonchev–Trinajstić information content (AvgIpc) is 2.40. The Morgan fingerprint density at radius 1 is 1.35 bits per heavy atom. The quantitative estimate of drug-likeness (QED) is 0.859. The monoisotopic (exact) mass is 236 g/mol. The van der Waals surface area contributed by atoms with Crippen molar-refractivity contribution in [3.63, 3.8) is 0 Å². The molecule has 0 unspecified atom stereocenters. The van der Waals surface area contributed by atoms with Crippen molar-refractivity contribution in [1.29, 1.82) is 0 Å². The topological polar surface area (TPSA) is 50.3 Å². The minimum Gasteiger partial charge on any atom is -0.381 e. The Morgan fingerprint density at radius 3 is 2.71 bits per heavy atom. The Kier molecular flexibility index (Phi) is 4.14. The average molecular weight is 236 g/mol. The minimum atomic E-state index is 0.394. The molecule has 5 heteroatoms. The maximum atomic E-state index is 5.37. The summed E-state index contributed by atoms with van der Waals surface area (Å²) in [5.74, 6) is 1.84. The van der Waals surface area contributed by atoms with Crippen LogP contribution in [0.5, 0.6) is 0 Å². The molecule has 2 rings (SSSR count). The van der Waals surface area contributed by atoms with Gasteiger partial charge in [0, 0.05) is 39.1 Å². The van der Waals surface area contributed by atoms with Crippen LogP contribution >= 0.6 is 0 Å². The van der Waals surface area contributed by atoms with Gasteiger partial charge in [-0.15, -0.1) is 0 Å². The minimum absolute atomic E-state index is 0.394. The lowest BCUT2D eigenvalue weighted by Gasteiger charge is -2.32. The van der Waals surface area contributed by atoms with Crippen LogP contribution in [0.2, 0.25) is 0 Å². The Labute approximate surface area is 102 Å². The molecule has 1 N–H and O–H groups in total. The van der Waals surface area contributed by atoms with E-state index < -0.39 is 0 Å². The molecule has 0 aliphatic carbocycles. The van der Waals surface area contributed by atoms with E-state index in [9.17, 15) is 0 Å². The Morgan fingerprint density at radius 2 is 2.06 bits per heavy atom. The van der Waals surface area contributed by atoms with Crippen LogP contribution in [0.25, 0.3) is 0 Å². The van der Waals surface area contributed by atoms with Gasteiger partial charge >= 0.3 is 0 Å². The summed E-state index contributed by atoms with van der Waals surface area (Å²) in [7, 11) is 1.78. The van der Waals surface area contributed by atoms with Crippen LogP contribution in [0.15, 0.2) is 12.4 Å². The normalized spacial score (nSPS) is 17.2. The highest BCUT2D eigenvalue weighted by Gasteiger charge is 2.21. The van der Waals surface area contributed by atoms with Crippen LogP contribution in [0.3, 0.4) is 0 Å². The zero-order valence-corrected chi connectivity index (χ0v) is 10.5. The van der Waals surface area contributed by atoms with Crippen LogP contribution in [0.4, 0.5) is 11.6 Å². The van der Waals surface area contributed by atoms with Crippen LogP contribution in [-0.2, 0) is 4.74 Å². The summed E-state index contributed by atoms with van der Waals surface area (Å²) < 4.78 is 5.37. The Hall–Kier alpha value is -1.36. The third-order valence-electron chi connectivity index (χ3n) is 3.10. The molecule has 0 bridgehead atoms. The maximum absolute atomic E-state index is 5.37. The summed E-state index contributed by atoms with van der Waals surface area (Å²) in [6.07, 6.45) is 5.98. The van der Waals surface area contributed by atoms with Crippen molar-refractivity contribution in [3.8, 4) is 0 Å². The molecule has 1 saturated heterocycles. The fourth-order valence-corrected chi connectivity index (χ4v) is 2.16. The fraction of sp³-hybridized carbons (Fsp3) is 0.667. The van der Waals surface area contributed by atoms with Gasteiger partial charge in [0.2, 0.25) is 0 Å². The number of hydrogen-bond acceptors (Lipinski definition) is 5. The molecule has 0 aromatic carbocycles. The number of methoxy groups -OCH3 is 1. The molecule has 0 radical (unpaired) electrons. The van der Waals surface area contributed by atoms with E-state index in [1.54, 1.807) is 19.5 Å². The number of hydrogen-bond donors (Lipinski definition) is 1. The first kappa shape index (κ1) is 12.1. The van der Waals surface area contributed by atoms with Gasteiger partial charge in [0.05, 0.1) is 6.10 Å². The first-order chi connectivity index (χ1) is 8.35. The van der Waals surface area contributed by atoms with E-state index in [0.717, 1.165) is 44.1 Å². The Bertz CT molecular complexity index is 350. The molecule has 1 aromatic rings. The number of piperidine rings is 1. The lowest BCUT2D eigenvalue weighted by molar-refractivity contribution is 0.0818. The van der Waals surface area contributed by atoms with Crippen LogP contribution in [0, 0.1) is 0 Å². The predicted molar refractivity (Wildman–Crippen MR) is 68.4 cm³/mol. The van der Waals surface area contributed by atoms with Gasteiger partial charge in [-0.3, -0.25) is 0 Å². The molecule has 5 nitrogen and oxygen atoms in total. The summed E-state index contributed by atoms with van der Waals surface area (Å²) in [5, 5.41) is 3.25. The second-order valence-electron chi connectivity index (χ2n) is 4.18. The number of nitrogens with one attached hydrogen (secondary N) is 1. The number of anilines is 2. The zero-order chi connectivity index (χ0) is 12.1. The molecular weight excluding hydrogens is 216 g/mol. The first-order valence-electron chi connectivity index (χ1n) is 6.17. The molecule has 0 spiro atoms. The van der Waals surface area contributed by atoms with Crippen LogP contribution < -0.4 is 10.2 Å². The van der Waals surface area contributed by atoms with Crippen molar-refractivity contribution < 1.29 is 4.74 Å². The molecule has 1 fully saturated rings. The first-order valence-corrected chi connectivity index (χ1v) is 6.17. The summed E-state index contributed by atoms with van der Waals surface area (Å²) in [6.45, 7) is 4.89. The highest BCUT2D eigenvalue weighted by Crippen LogP contribution is 2.24. The van der Waals surface area contributed by atoms with E-state index in [4.69, 9.17) is 4.74 Å². The SMILES string of the molecule is CCNc1nccnc1N1CCC(OC)CC1. The van der Waals surface area contributed by atoms with Gasteiger partial charge in [0.25, 0.3) is 0 Å². The van der Waals surface area contributed by atoms with Crippen molar-refractivity contribution in [2.75, 3.05) is 37.0 Å². The van der Waals surface area contributed by atoms with Crippen molar-refractivity contribution in [2.24, 2.45) is 0 Å². The number of rotatable bonds is 4. The third-order valence-corrected chi connectivity index (χ3v) is 3.10. The predicted octanol–water partition coefficient (Wildman–Crippen LogP) is 1.52. The molecule has 94 valence electrons. The smallest absolute Gasteiger partial charge is 0.171 e. The number of aromatic nitrogens is 2. The number of ether oxygens (including phenoxy) is 1. The maximum Gasteiger partial charge on any atom is 0.171 e. The van der Waals surface area contributed by atoms with Crippen molar-refractivity contribution in [1.82, 2.24) is 9.97 Å². The van der Waals surface area contributed by atoms with Gasteiger partial charge in [0.15, 0.2) is 11.6 Å². The van der Waals surface area contributed by atoms with Gasteiger partial charge in [-0.25, -0.2) is 9.97 Å².